The van der Waals surface area contributed by atoms with Crippen molar-refractivity contribution in [1.29, 1.82) is 0 Å². The lowest BCUT2D eigenvalue weighted by molar-refractivity contribution is 0.0474. The van der Waals surface area contributed by atoms with Crippen LogP contribution in [0.1, 0.15) is 44.6 Å². The number of rotatable bonds is 5. The minimum absolute atomic E-state index is 0.0913. The number of pyridine rings is 1. The molecule has 0 amide bonds. The molecular formula is C18H20N2O5S. The summed E-state index contributed by atoms with van der Waals surface area (Å²) in [5, 5.41) is 0. The van der Waals surface area contributed by atoms with Gasteiger partial charge in [-0.2, -0.15) is 0 Å². The number of carbonyl (C=O) groups is 2. The van der Waals surface area contributed by atoms with Gasteiger partial charge in [0.1, 0.15) is 0 Å². The molecule has 3 rings (SSSR count). The van der Waals surface area contributed by atoms with Crippen molar-refractivity contribution in [2.45, 2.75) is 26.3 Å². The largest absolute Gasteiger partial charge is 0.454 e. The molecule has 0 N–H and O–H groups in total. The molecule has 0 radical (unpaired) electrons. The summed E-state index contributed by atoms with van der Waals surface area (Å²) in [6.45, 7) is 3.27. The fourth-order valence-electron chi connectivity index (χ4n) is 3.38. The average molecular weight is 376 g/mol. The summed E-state index contributed by atoms with van der Waals surface area (Å²) in [5.41, 5.74) is 2.31. The predicted molar refractivity (Wildman–Crippen MR) is 95.1 cm³/mol. The third kappa shape index (κ3) is 3.70. The van der Waals surface area contributed by atoms with E-state index in [9.17, 15) is 18.0 Å². The van der Waals surface area contributed by atoms with Gasteiger partial charge in [-0.05, 0) is 38.5 Å². The van der Waals surface area contributed by atoms with E-state index >= 15 is 0 Å². The fraction of sp³-hybridized carbons (Fsp3) is 0.389. The molecule has 7 nitrogen and oxygen atoms in total. The van der Waals surface area contributed by atoms with Crippen LogP contribution < -0.4 is 0 Å². The van der Waals surface area contributed by atoms with Crippen LogP contribution in [0.25, 0.3) is 0 Å². The first kappa shape index (κ1) is 18.3. The summed E-state index contributed by atoms with van der Waals surface area (Å²) in [4.78, 5) is 28.3. The lowest BCUT2D eigenvalue weighted by atomic mass is 10.1. The molecule has 1 saturated heterocycles. The topological polar surface area (TPSA) is 95.3 Å². The van der Waals surface area contributed by atoms with Crippen LogP contribution in [0.4, 0.5) is 0 Å². The molecule has 0 aromatic carbocycles. The highest BCUT2D eigenvalue weighted by molar-refractivity contribution is 7.91. The number of aryl methyl sites for hydroxylation is 1. The van der Waals surface area contributed by atoms with Crippen molar-refractivity contribution in [3.63, 3.8) is 0 Å². The van der Waals surface area contributed by atoms with Crippen molar-refractivity contribution in [3.05, 3.63) is 53.1 Å². The van der Waals surface area contributed by atoms with Crippen LogP contribution in [0.15, 0.2) is 30.6 Å². The van der Waals surface area contributed by atoms with E-state index in [4.69, 9.17) is 4.74 Å². The monoisotopic (exact) mass is 376 g/mol. The molecule has 138 valence electrons. The molecular weight excluding hydrogens is 356 g/mol. The highest BCUT2D eigenvalue weighted by Gasteiger charge is 2.31. The zero-order valence-corrected chi connectivity index (χ0v) is 15.5. The highest BCUT2D eigenvalue weighted by atomic mass is 32.2. The molecule has 0 aliphatic carbocycles. The Hall–Kier alpha value is -2.48. The fourth-order valence-corrected chi connectivity index (χ4v) is 5.08. The number of hydrogen-bond donors (Lipinski definition) is 0. The molecule has 26 heavy (non-hydrogen) atoms. The van der Waals surface area contributed by atoms with E-state index in [0.29, 0.717) is 23.2 Å². The smallest absolute Gasteiger partial charge is 0.338 e. The second-order valence-corrected chi connectivity index (χ2v) is 8.68. The first-order valence-corrected chi connectivity index (χ1v) is 10.1. The summed E-state index contributed by atoms with van der Waals surface area (Å²) >= 11 is 0. The van der Waals surface area contributed by atoms with Gasteiger partial charge in [-0.3, -0.25) is 9.78 Å². The summed E-state index contributed by atoms with van der Waals surface area (Å²) < 4.78 is 30.5. The Labute approximate surface area is 151 Å². The quantitative estimate of drug-likeness (QED) is 0.584. The molecule has 1 aliphatic rings. The van der Waals surface area contributed by atoms with Crippen LogP contribution in [0.2, 0.25) is 0 Å². The van der Waals surface area contributed by atoms with Crippen LogP contribution in [-0.4, -0.2) is 47.8 Å². The Morgan fingerprint density at radius 2 is 1.96 bits per heavy atom. The molecule has 1 aliphatic heterocycles. The van der Waals surface area contributed by atoms with E-state index in [1.54, 1.807) is 13.0 Å². The van der Waals surface area contributed by atoms with Crippen molar-refractivity contribution in [1.82, 2.24) is 9.55 Å². The van der Waals surface area contributed by atoms with Crippen molar-refractivity contribution in [2.75, 3.05) is 18.1 Å². The van der Waals surface area contributed by atoms with Crippen LogP contribution in [0, 0.1) is 13.8 Å². The van der Waals surface area contributed by atoms with Gasteiger partial charge in [0.2, 0.25) is 5.78 Å². The number of nitrogens with zero attached hydrogens (tertiary/aromatic N) is 2. The third-order valence-electron chi connectivity index (χ3n) is 4.61. The van der Waals surface area contributed by atoms with Gasteiger partial charge in [0.25, 0.3) is 0 Å². The van der Waals surface area contributed by atoms with Crippen molar-refractivity contribution in [3.8, 4) is 0 Å². The zero-order valence-electron chi connectivity index (χ0n) is 14.6. The molecule has 0 bridgehead atoms. The van der Waals surface area contributed by atoms with Crippen LogP contribution in [0.3, 0.4) is 0 Å². The first-order chi connectivity index (χ1) is 12.3. The number of carbonyl (C=O) groups excluding carboxylic acids is 2. The van der Waals surface area contributed by atoms with E-state index in [2.05, 4.69) is 4.98 Å². The van der Waals surface area contributed by atoms with Crippen molar-refractivity contribution >= 4 is 21.6 Å². The average Bonchev–Trinajstić information content (AvgIpc) is 3.11. The SMILES string of the molecule is Cc1cc(C(=O)COC(=O)c2ccncc2)c(C)n1[C@H]1CCS(=O)(=O)C1. The molecule has 0 saturated carbocycles. The number of sulfone groups is 1. The molecule has 0 unspecified atom stereocenters. The van der Waals surface area contributed by atoms with E-state index in [-0.39, 0.29) is 29.9 Å². The Bertz CT molecular complexity index is 947. The number of ketones is 1. The van der Waals surface area contributed by atoms with E-state index in [0.717, 1.165) is 5.69 Å². The van der Waals surface area contributed by atoms with Crippen LogP contribution in [-0.2, 0) is 14.6 Å². The van der Waals surface area contributed by atoms with E-state index < -0.39 is 15.8 Å². The molecule has 3 heterocycles. The van der Waals surface area contributed by atoms with Gasteiger partial charge in [0.05, 0.1) is 17.1 Å². The van der Waals surface area contributed by atoms with Gasteiger partial charge in [-0.15, -0.1) is 0 Å². The Morgan fingerprint density at radius 1 is 1.27 bits per heavy atom. The van der Waals surface area contributed by atoms with Gasteiger partial charge >= 0.3 is 5.97 Å². The van der Waals surface area contributed by atoms with Crippen LogP contribution >= 0.6 is 0 Å². The first-order valence-electron chi connectivity index (χ1n) is 8.27. The summed E-state index contributed by atoms with van der Waals surface area (Å²) in [6.07, 6.45) is 3.49. The lowest BCUT2D eigenvalue weighted by Crippen LogP contribution is -2.17. The number of hydrogen-bond acceptors (Lipinski definition) is 6. The second kappa shape index (κ2) is 7.03. The zero-order chi connectivity index (χ0) is 18.9. The van der Waals surface area contributed by atoms with E-state index in [1.165, 1.54) is 24.5 Å². The number of ether oxygens (including phenoxy) is 1. The minimum atomic E-state index is -3.02. The molecule has 1 atom stereocenters. The summed E-state index contributed by atoms with van der Waals surface area (Å²) in [6, 6.07) is 4.60. The minimum Gasteiger partial charge on any atom is -0.454 e. The van der Waals surface area contributed by atoms with Gasteiger partial charge < -0.3 is 9.30 Å². The number of Topliss-reactive ketones (excluding diaryl/α,β-unsaturated/α-hetero) is 1. The maximum Gasteiger partial charge on any atom is 0.338 e. The lowest BCUT2D eigenvalue weighted by Gasteiger charge is -2.16. The molecule has 2 aromatic heterocycles. The standard InChI is InChI=1S/C18H20N2O5S/c1-12-9-16(13(2)20(12)15-5-8-26(23,24)11-15)17(21)10-25-18(22)14-3-6-19-7-4-14/h3-4,6-7,9,15H,5,8,10-11H2,1-2H3/t15-/m0/s1. The Kier molecular flexibility index (Phi) is 4.95. The van der Waals surface area contributed by atoms with Crippen molar-refractivity contribution < 1.29 is 22.7 Å². The molecule has 0 spiro atoms. The van der Waals surface area contributed by atoms with Gasteiger partial charge in [0, 0.05) is 35.4 Å². The highest BCUT2D eigenvalue weighted by Crippen LogP contribution is 2.29. The maximum absolute atomic E-state index is 12.5. The number of aromatic nitrogens is 2. The predicted octanol–water partition coefficient (Wildman–Crippen LogP) is 1.90. The number of esters is 1. The maximum atomic E-state index is 12.5. The molecule has 2 aromatic rings. The summed E-state index contributed by atoms with van der Waals surface area (Å²) in [5.74, 6) is -0.640. The van der Waals surface area contributed by atoms with E-state index in [1.807, 2.05) is 11.5 Å². The summed E-state index contributed by atoms with van der Waals surface area (Å²) in [7, 11) is -3.02. The third-order valence-corrected chi connectivity index (χ3v) is 6.36. The van der Waals surface area contributed by atoms with Crippen LogP contribution in [0.5, 0.6) is 0 Å². The second-order valence-electron chi connectivity index (χ2n) is 6.45. The molecule has 1 fully saturated rings. The van der Waals surface area contributed by atoms with Gasteiger partial charge in [0.15, 0.2) is 16.4 Å². The normalized spacial score (nSPS) is 18.6. The molecule has 8 heteroatoms. The van der Waals surface area contributed by atoms with Gasteiger partial charge in [-0.1, -0.05) is 0 Å². The van der Waals surface area contributed by atoms with Gasteiger partial charge in [-0.25, -0.2) is 13.2 Å². The Balaban J connectivity index is 1.72. The Morgan fingerprint density at radius 3 is 2.58 bits per heavy atom. The van der Waals surface area contributed by atoms with Crippen molar-refractivity contribution in [2.24, 2.45) is 0 Å².